The number of fused-ring (bicyclic) bond motifs is 1. The zero-order valence-electron chi connectivity index (χ0n) is 8.43. The Balaban J connectivity index is 2.42. The van der Waals surface area contributed by atoms with Crippen molar-refractivity contribution in [1.82, 2.24) is 0 Å². The molecule has 0 spiro atoms. The average Bonchev–Trinajstić information content (AvgIpc) is 2.15. The molecule has 0 amide bonds. The van der Waals surface area contributed by atoms with Crippen molar-refractivity contribution in [1.29, 1.82) is 0 Å². The number of hydrogen-bond acceptors (Lipinski definition) is 3. The first kappa shape index (κ1) is 10.8. The van der Waals surface area contributed by atoms with Gasteiger partial charge < -0.3 is 5.32 Å². The molecule has 0 saturated heterocycles. The number of carbonyl (C=O) groups excluding carboxylic acids is 1. The van der Waals surface area contributed by atoms with Crippen molar-refractivity contribution in [2.24, 2.45) is 0 Å². The summed E-state index contributed by atoms with van der Waals surface area (Å²) in [4.78, 5) is 13.2. The molecule has 0 saturated carbocycles. The van der Waals surface area contributed by atoms with Gasteiger partial charge in [-0.15, -0.1) is 0 Å². The Morgan fingerprint density at radius 1 is 1.47 bits per heavy atom. The highest BCUT2D eigenvalue weighted by Crippen LogP contribution is 2.40. The van der Waals surface area contributed by atoms with Gasteiger partial charge in [0.2, 0.25) is 0 Å². The molecule has 0 atom stereocenters. The van der Waals surface area contributed by atoms with Crippen LogP contribution in [0.4, 0.5) is 5.69 Å². The highest BCUT2D eigenvalue weighted by atomic mass is 79.9. The van der Waals surface area contributed by atoms with Gasteiger partial charge in [-0.1, -0.05) is 27.7 Å². The summed E-state index contributed by atoms with van der Waals surface area (Å²) in [6.45, 7) is 3.52. The topological polar surface area (TPSA) is 29.1 Å². The van der Waals surface area contributed by atoms with Gasteiger partial charge in [-0.25, -0.2) is 0 Å². The molecule has 0 fully saturated rings. The summed E-state index contributed by atoms with van der Waals surface area (Å²) in [5, 5.41) is 3.24. The van der Waals surface area contributed by atoms with E-state index in [0.717, 1.165) is 25.7 Å². The van der Waals surface area contributed by atoms with E-state index in [1.54, 1.807) is 6.92 Å². The van der Waals surface area contributed by atoms with Crippen molar-refractivity contribution in [3.8, 4) is 0 Å². The van der Waals surface area contributed by atoms with Gasteiger partial charge in [0.05, 0.1) is 10.6 Å². The van der Waals surface area contributed by atoms with Crippen LogP contribution < -0.4 is 5.32 Å². The standard InChI is InChI=1S/C11H10BrNOS/c1-6-11(7(2)14)15-10-4-3-8(12)5-9(10)13-6/h3-5,13H,1-2H3. The fourth-order valence-corrected chi connectivity index (χ4v) is 2.75. The van der Waals surface area contributed by atoms with Gasteiger partial charge in [0.25, 0.3) is 0 Å². The molecule has 0 bridgehead atoms. The number of hydrogen-bond donors (Lipinski definition) is 1. The Hall–Kier alpha value is -0.740. The lowest BCUT2D eigenvalue weighted by molar-refractivity contribution is -0.113. The van der Waals surface area contributed by atoms with E-state index in [4.69, 9.17) is 0 Å². The van der Waals surface area contributed by atoms with E-state index in [1.165, 1.54) is 11.8 Å². The quantitative estimate of drug-likeness (QED) is 0.850. The number of benzene rings is 1. The molecule has 0 aromatic heterocycles. The molecule has 1 aliphatic rings. The number of nitrogens with one attached hydrogen (secondary N) is 1. The van der Waals surface area contributed by atoms with Gasteiger partial charge in [0.15, 0.2) is 5.78 Å². The number of allylic oxidation sites excluding steroid dienone is 2. The molecular formula is C11H10BrNOS. The van der Waals surface area contributed by atoms with Gasteiger partial charge in [-0.05, 0) is 32.0 Å². The maximum atomic E-state index is 11.4. The summed E-state index contributed by atoms with van der Waals surface area (Å²) in [6, 6.07) is 6.00. The van der Waals surface area contributed by atoms with Crippen molar-refractivity contribution in [2.75, 3.05) is 5.32 Å². The van der Waals surface area contributed by atoms with Crippen LogP contribution in [0.25, 0.3) is 0 Å². The summed E-state index contributed by atoms with van der Waals surface area (Å²) in [7, 11) is 0. The van der Waals surface area contributed by atoms with E-state index in [9.17, 15) is 4.79 Å². The molecule has 2 nitrogen and oxygen atoms in total. The molecule has 4 heteroatoms. The third kappa shape index (κ3) is 2.11. The second-order valence-electron chi connectivity index (χ2n) is 3.38. The lowest BCUT2D eigenvalue weighted by atomic mass is 10.2. The van der Waals surface area contributed by atoms with Crippen LogP contribution in [0.2, 0.25) is 0 Å². The summed E-state index contributed by atoms with van der Waals surface area (Å²) in [6.07, 6.45) is 0. The predicted octanol–water partition coefficient (Wildman–Crippen LogP) is 3.79. The molecule has 0 aliphatic carbocycles. The van der Waals surface area contributed by atoms with Crippen molar-refractivity contribution >= 4 is 39.2 Å². The zero-order valence-corrected chi connectivity index (χ0v) is 10.8. The van der Waals surface area contributed by atoms with E-state index in [1.807, 2.05) is 25.1 Å². The second kappa shape index (κ2) is 4.02. The Morgan fingerprint density at radius 2 is 2.20 bits per heavy atom. The lowest BCUT2D eigenvalue weighted by Gasteiger charge is -2.20. The Labute approximate surface area is 101 Å². The third-order valence-electron chi connectivity index (χ3n) is 2.14. The van der Waals surface area contributed by atoms with Crippen molar-refractivity contribution < 1.29 is 4.79 Å². The smallest absolute Gasteiger partial charge is 0.168 e. The SMILES string of the molecule is CC(=O)C1=C(C)Nc2cc(Br)ccc2S1. The first-order valence-corrected chi connectivity index (χ1v) is 6.15. The molecule has 0 unspecified atom stereocenters. The van der Waals surface area contributed by atoms with Crippen LogP contribution in [0.1, 0.15) is 13.8 Å². The van der Waals surface area contributed by atoms with Crippen LogP contribution in [0.5, 0.6) is 0 Å². The van der Waals surface area contributed by atoms with Crippen LogP contribution in [0, 0.1) is 0 Å². The monoisotopic (exact) mass is 283 g/mol. The van der Waals surface area contributed by atoms with E-state index in [-0.39, 0.29) is 5.78 Å². The Kier molecular flexibility index (Phi) is 2.89. The summed E-state index contributed by atoms with van der Waals surface area (Å²) in [5.41, 5.74) is 1.98. The molecule has 1 N–H and O–H groups in total. The summed E-state index contributed by atoms with van der Waals surface area (Å²) >= 11 is 4.95. The number of anilines is 1. The van der Waals surface area contributed by atoms with Gasteiger partial charge in [0, 0.05) is 15.1 Å². The van der Waals surface area contributed by atoms with Gasteiger partial charge in [-0.2, -0.15) is 0 Å². The number of rotatable bonds is 1. The van der Waals surface area contributed by atoms with Gasteiger partial charge >= 0.3 is 0 Å². The molecule has 0 radical (unpaired) electrons. The number of thioether (sulfide) groups is 1. The fraction of sp³-hybridized carbons (Fsp3) is 0.182. The summed E-state index contributed by atoms with van der Waals surface area (Å²) < 4.78 is 1.04. The minimum atomic E-state index is 0.110. The van der Waals surface area contributed by atoms with Crippen molar-refractivity contribution in [3.05, 3.63) is 33.3 Å². The van der Waals surface area contributed by atoms with Crippen molar-refractivity contribution in [2.45, 2.75) is 18.7 Å². The first-order chi connectivity index (χ1) is 7.08. The first-order valence-electron chi connectivity index (χ1n) is 4.54. The lowest BCUT2D eigenvalue weighted by Crippen LogP contribution is -2.09. The highest BCUT2D eigenvalue weighted by molar-refractivity contribution is 9.10. The third-order valence-corrected chi connectivity index (χ3v) is 4.00. The normalized spacial score (nSPS) is 14.6. The molecule has 78 valence electrons. The highest BCUT2D eigenvalue weighted by Gasteiger charge is 2.18. The zero-order chi connectivity index (χ0) is 11.0. The minimum absolute atomic E-state index is 0.110. The molecule has 1 aromatic rings. The summed E-state index contributed by atoms with van der Waals surface area (Å²) in [5.74, 6) is 0.110. The molecule has 2 rings (SSSR count). The van der Waals surface area contributed by atoms with Gasteiger partial charge in [0.1, 0.15) is 0 Å². The second-order valence-corrected chi connectivity index (χ2v) is 5.35. The average molecular weight is 284 g/mol. The van der Waals surface area contributed by atoms with Crippen LogP contribution in [0.15, 0.2) is 38.2 Å². The van der Waals surface area contributed by atoms with Crippen LogP contribution >= 0.6 is 27.7 Å². The van der Waals surface area contributed by atoms with Crippen LogP contribution in [-0.2, 0) is 4.79 Å². The largest absolute Gasteiger partial charge is 0.357 e. The Bertz CT molecular complexity index is 468. The number of halogens is 1. The van der Waals surface area contributed by atoms with Crippen LogP contribution in [0.3, 0.4) is 0 Å². The Morgan fingerprint density at radius 3 is 2.87 bits per heavy atom. The number of carbonyl (C=O) groups is 1. The fourth-order valence-electron chi connectivity index (χ4n) is 1.47. The number of Topliss-reactive ketones (excluding diaryl/α,β-unsaturated/α-hetero) is 1. The molecule has 15 heavy (non-hydrogen) atoms. The van der Waals surface area contributed by atoms with E-state index < -0.39 is 0 Å². The molecular weight excluding hydrogens is 274 g/mol. The number of ketones is 1. The van der Waals surface area contributed by atoms with E-state index >= 15 is 0 Å². The molecule has 1 aromatic carbocycles. The maximum absolute atomic E-state index is 11.4. The molecule has 1 aliphatic heterocycles. The van der Waals surface area contributed by atoms with Crippen LogP contribution in [-0.4, -0.2) is 5.78 Å². The minimum Gasteiger partial charge on any atom is -0.357 e. The van der Waals surface area contributed by atoms with E-state index in [0.29, 0.717) is 0 Å². The van der Waals surface area contributed by atoms with E-state index in [2.05, 4.69) is 21.2 Å². The van der Waals surface area contributed by atoms with Crippen molar-refractivity contribution in [3.63, 3.8) is 0 Å². The van der Waals surface area contributed by atoms with Gasteiger partial charge in [-0.3, -0.25) is 4.79 Å². The predicted molar refractivity (Wildman–Crippen MR) is 67.0 cm³/mol. The molecule has 1 heterocycles. The maximum Gasteiger partial charge on any atom is 0.168 e.